The first-order valence-electron chi connectivity index (χ1n) is 13.7. The third-order valence-corrected chi connectivity index (χ3v) is 8.84. The summed E-state index contributed by atoms with van der Waals surface area (Å²) in [7, 11) is 0. The van der Waals surface area contributed by atoms with Crippen LogP contribution in [0.4, 0.5) is 11.4 Å². The lowest BCUT2D eigenvalue weighted by Gasteiger charge is -2.43. The van der Waals surface area contributed by atoms with Gasteiger partial charge in [0.15, 0.2) is 0 Å². The van der Waals surface area contributed by atoms with Crippen LogP contribution in [0.15, 0.2) is 47.0 Å². The molecular weight excluding hydrogens is 458 g/mol. The van der Waals surface area contributed by atoms with Gasteiger partial charge in [0.2, 0.25) is 0 Å². The van der Waals surface area contributed by atoms with Crippen LogP contribution >= 0.6 is 0 Å². The zero-order valence-corrected chi connectivity index (χ0v) is 22.3. The Morgan fingerprint density at radius 2 is 1.81 bits per heavy atom. The van der Waals surface area contributed by atoms with Gasteiger partial charge in [-0.1, -0.05) is 17.3 Å². The highest BCUT2D eigenvalue weighted by Gasteiger charge is 2.52. The van der Waals surface area contributed by atoms with Gasteiger partial charge in [-0.15, -0.1) is 0 Å². The minimum Gasteiger partial charge on any atom is -0.361 e. The SMILES string of the molecule is [C-]#[N+]C1(c2ccc(N(CC3CCN(C4CNC4)CC3)c3cc(-c4c(C)noc4C)ccc3C)cc2)CC1. The Morgan fingerprint density at radius 3 is 2.38 bits per heavy atom. The molecule has 3 aliphatic rings. The third-order valence-electron chi connectivity index (χ3n) is 8.84. The molecule has 3 aromatic rings. The summed E-state index contributed by atoms with van der Waals surface area (Å²) in [5.41, 5.74) is 7.76. The number of nitrogens with zero attached hydrogens (tertiary/aromatic N) is 4. The van der Waals surface area contributed by atoms with Gasteiger partial charge in [0, 0.05) is 61.0 Å². The van der Waals surface area contributed by atoms with Crippen LogP contribution < -0.4 is 10.2 Å². The second-order valence-corrected chi connectivity index (χ2v) is 11.3. The van der Waals surface area contributed by atoms with E-state index in [1.807, 2.05) is 13.8 Å². The normalized spacial score (nSPS) is 19.8. The number of hydrogen-bond acceptors (Lipinski definition) is 5. The fraction of sp³-hybridized carbons (Fsp3) is 0.484. The molecule has 3 heterocycles. The lowest BCUT2D eigenvalue weighted by molar-refractivity contribution is 0.101. The fourth-order valence-electron chi connectivity index (χ4n) is 6.12. The van der Waals surface area contributed by atoms with Crippen molar-refractivity contribution in [1.82, 2.24) is 15.4 Å². The van der Waals surface area contributed by atoms with Crippen LogP contribution in [0.1, 0.15) is 48.3 Å². The Balaban J connectivity index is 1.32. The minimum atomic E-state index is -0.272. The standard InChI is InChI=1S/C31H37N5O/c1-21-5-6-25(30-22(2)34-37-23(30)3)17-29(21)36(20-24-11-15-35(16-12-24)28-18-33-19-28)27-9-7-26(8-10-27)31(32-4)13-14-31/h5-10,17,24,28,33H,11-16,18-20H2,1-3H3. The molecule has 6 nitrogen and oxygen atoms in total. The first-order chi connectivity index (χ1) is 18.0. The molecule has 6 heteroatoms. The summed E-state index contributed by atoms with van der Waals surface area (Å²) in [6, 6.07) is 16.3. The maximum absolute atomic E-state index is 7.66. The van der Waals surface area contributed by atoms with Gasteiger partial charge in [0.1, 0.15) is 5.76 Å². The predicted molar refractivity (Wildman–Crippen MR) is 148 cm³/mol. The van der Waals surface area contributed by atoms with Crippen LogP contribution in [0.5, 0.6) is 0 Å². The average Bonchev–Trinajstić information content (AvgIpc) is 3.62. The second-order valence-electron chi connectivity index (χ2n) is 11.3. The lowest BCUT2D eigenvalue weighted by atomic mass is 9.93. The van der Waals surface area contributed by atoms with E-state index >= 15 is 0 Å². The van der Waals surface area contributed by atoms with Crippen LogP contribution in [-0.4, -0.2) is 48.8 Å². The number of likely N-dealkylation sites (tertiary alicyclic amines) is 1. The molecule has 192 valence electrons. The maximum atomic E-state index is 7.66. The van der Waals surface area contributed by atoms with Gasteiger partial charge in [0.05, 0.1) is 5.69 Å². The van der Waals surface area contributed by atoms with Gasteiger partial charge in [-0.2, -0.15) is 0 Å². The molecule has 2 aromatic carbocycles. The van der Waals surface area contributed by atoms with E-state index in [4.69, 9.17) is 11.1 Å². The topological polar surface area (TPSA) is 48.9 Å². The van der Waals surface area contributed by atoms with Crippen molar-refractivity contribution in [3.05, 3.63) is 76.5 Å². The molecule has 0 bridgehead atoms. The van der Waals surface area contributed by atoms with Gasteiger partial charge in [-0.3, -0.25) is 4.90 Å². The molecule has 0 spiro atoms. The van der Waals surface area contributed by atoms with Crippen molar-refractivity contribution >= 4 is 11.4 Å². The van der Waals surface area contributed by atoms with Crippen molar-refractivity contribution in [2.75, 3.05) is 37.6 Å². The van der Waals surface area contributed by atoms with E-state index in [1.54, 1.807) is 0 Å². The molecule has 1 saturated carbocycles. The molecule has 37 heavy (non-hydrogen) atoms. The van der Waals surface area contributed by atoms with Crippen molar-refractivity contribution in [2.45, 2.75) is 58.0 Å². The highest BCUT2D eigenvalue weighted by atomic mass is 16.5. The monoisotopic (exact) mass is 495 g/mol. The number of aryl methyl sites for hydroxylation is 3. The molecule has 2 aliphatic heterocycles. The van der Waals surface area contributed by atoms with Crippen molar-refractivity contribution in [1.29, 1.82) is 0 Å². The van der Waals surface area contributed by atoms with Crippen LogP contribution in [0.25, 0.3) is 16.0 Å². The average molecular weight is 496 g/mol. The summed E-state index contributed by atoms with van der Waals surface area (Å²) in [6.45, 7) is 19.5. The Hall–Kier alpha value is -3.14. The second kappa shape index (κ2) is 9.63. The summed E-state index contributed by atoms with van der Waals surface area (Å²) in [6.07, 6.45) is 4.42. The van der Waals surface area contributed by atoms with Gasteiger partial charge in [-0.25, -0.2) is 6.57 Å². The molecule has 0 unspecified atom stereocenters. The van der Waals surface area contributed by atoms with Crippen LogP contribution in [0.2, 0.25) is 0 Å². The maximum Gasteiger partial charge on any atom is 0.258 e. The molecule has 0 radical (unpaired) electrons. The highest BCUT2D eigenvalue weighted by molar-refractivity contribution is 5.76. The van der Waals surface area contributed by atoms with Crippen LogP contribution in [-0.2, 0) is 5.54 Å². The minimum absolute atomic E-state index is 0.272. The smallest absolute Gasteiger partial charge is 0.258 e. The number of rotatable bonds is 7. The molecule has 1 N–H and O–H groups in total. The summed E-state index contributed by atoms with van der Waals surface area (Å²) >= 11 is 0. The number of nitrogens with one attached hydrogen (secondary N) is 1. The zero-order valence-electron chi connectivity index (χ0n) is 22.3. The first-order valence-corrected chi connectivity index (χ1v) is 13.7. The predicted octanol–water partition coefficient (Wildman–Crippen LogP) is 6.00. The molecule has 6 rings (SSSR count). The van der Waals surface area contributed by atoms with Crippen molar-refractivity contribution < 1.29 is 4.52 Å². The Labute approximate surface area is 220 Å². The number of anilines is 2. The molecule has 0 amide bonds. The number of aromatic nitrogens is 1. The van der Waals surface area contributed by atoms with Crippen molar-refractivity contribution in [3.63, 3.8) is 0 Å². The molecule has 1 aromatic heterocycles. The molecular formula is C31H37N5O. The van der Waals surface area contributed by atoms with E-state index in [0.29, 0.717) is 5.92 Å². The lowest BCUT2D eigenvalue weighted by Crippen LogP contribution is -2.59. The number of hydrogen-bond donors (Lipinski definition) is 1. The third kappa shape index (κ3) is 4.56. The van der Waals surface area contributed by atoms with Gasteiger partial charge in [0.25, 0.3) is 5.54 Å². The number of benzene rings is 2. The van der Waals surface area contributed by atoms with E-state index in [0.717, 1.165) is 66.7 Å². The number of piperidine rings is 1. The molecule has 1 aliphatic carbocycles. The van der Waals surface area contributed by atoms with E-state index in [9.17, 15) is 0 Å². The summed E-state index contributed by atoms with van der Waals surface area (Å²) < 4.78 is 5.49. The van der Waals surface area contributed by atoms with Crippen molar-refractivity contribution in [2.24, 2.45) is 5.92 Å². The fourth-order valence-corrected chi connectivity index (χ4v) is 6.12. The summed E-state index contributed by atoms with van der Waals surface area (Å²) in [4.78, 5) is 9.14. The first kappa shape index (κ1) is 24.2. The largest absolute Gasteiger partial charge is 0.361 e. The molecule has 2 saturated heterocycles. The van der Waals surface area contributed by atoms with Crippen molar-refractivity contribution in [3.8, 4) is 11.1 Å². The van der Waals surface area contributed by atoms with E-state index in [1.165, 1.54) is 42.9 Å². The van der Waals surface area contributed by atoms with E-state index in [-0.39, 0.29) is 5.54 Å². The Bertz CT molecular complexity index is 1280. The molecule has 3 fully saturated rings. The van der Waals surface area contributed by atoms with Crippen LogP contribution in [0, 0.1) is 33.3 Å². The van der Waals surface area contributed by atoms with E-state index < -0.39 is 0 Å². The van der Waals surface area contributed by atoms with E-state index in [2.05, 4.69) is 74.5 Å². The van der Waals surface area contributed by atoms with Gasteiger partial charge < -0.3 is 19.6 Å². The van der Waals surface area contributed by atoms with Gasteiger partial charge >= 0.3 is 0 Å². The van der Waals surface area contributed by atoms with Gasteiger partial charge in [-0.05, 0) is 94.1 Å². The Kier molecular flexibility index (Phi) is 6.30. The summed E-state index contributed by atoms with van der Waals surface area (Å²) in [5.74, 6) is 1.50. The Morgan fingerprint density at radius 1 is 1.08 bits per heavy atom. The quantitative estimate of drug-likeness (QED) is 0.408. The zero-order chi connectivity index (χ0) is 25.6. The van der Waals surface area contributed by atoms with Crippen LogP contribution in [0.3, 0.4) is 0 Å². The summed E-state index contributed by atoms with van der Waals surface area (Å²) in [5, 5.41) is 7.62. The molecule has 0 atom stereocenters. The highest BCUT2D eigenvalue weighted by Crippen LogP contribution is 2.50.